The molecule has 18 heavy (non-hydrogen) atoms. The van der Waals surface area contributed by atoms with E-state index in [2.05, 4.69) is 0 Å². The maximum Gasteiger partial charge on any atom is 0.143 e. The quantitative estimate of drug-likeness (QED) is 0.754. The molecule has 2 rings (SSSR count). The second kappa shape index (κ2) is 6.12. The molecule has 0 aromatic heterocycles. The molecule has 0 amide bonds. The zero-order valence-electron chi connectivity index (χ0n) is 10.1. The second-order valence-electron chi connectivity index (χ2n) is 3.96. The van der Waals surface area contributed by atoms with E-state index in [9.17, 15) is 0 Å². The summed E-state index contributed by atoms with van der Waals surface area (Å²) in [6.07, 6.45) is 0.795. The average molecular weight is 281 g/mol. The van der Waals surface area contributed by atoms with Crippen molar-refractivity contribution in [1.29, 1.82) is 0 Å². The van der Waals surface area contributed by atoms with E-state index < -0.39 is 0 Å². The van der Waals surface area contributed by atoms with Crippen molar-refractivity contribution in [2.75, 3.05) is 0 Å². The molecule has 0 saturated carbocycles. The molecule has 0 aliphatic carbocycles. The lowest BCUT2D eigenvalue weighted by Crippen LogP contribution is -1.99. The van der Waals surface area contributed by atoms with E-state index in [4.69, 9.17) is 27.9 Å². The van der Waals surface area contributed by atoms with E-state index in [1.807, 2.05) is 37.3 Å². The largest absolute Gasteiger partial charge is 0.487 e. The van der Waals surface area contributed by atoms with Gasteiger partial charge in [0.2, 0.25) is 0 Å². The number of rotatable bonds is 4. The first kappa shape index (κ1) is 13.3. The highest BCUT2D eigenvalue weighted by atomic mass is 35.5. The van der Waals surface area contributed by atoms with Crippen LogP contribution in [0.2, 0.25) is 10.0 Å². The minimum absolute atomic E-state index is 0.494. The lowest BCUT2D eigenvalue weighted by Gasteiger charge is -2.13. The highest BCUT2D eigenvalue weighted by Gasteiger charge is 2.11. The van der Waals surface area contributed by atoms with Crippen molar-refractivity contribution in [2.45, 2.75) is 20.0 Å². The minimum Gasteiger partial charge on any atom is -0.487 e. The minimum atomic E-state index is 0.494. The lowest BCUT2D eigenvalue weighted by molar-refractivity contribution is 0.303. The molecule has 0 bridgehead atoms. The first-order valence-corrected chi connectivity index (χ1v) is 6.61. The molecule has 0 saturated heterocycles. The van der Waals surface area contributed by atoms with Gasteiger partial charge in [-0.1, -0.05) is 60.5 Å². The fraction of sp³-hybridized carbons (Fsp3) is 0.200. The van der Waals surface area contributed by atoms with Crippen molar-refractivity contribution in [3.05, 3.63) is 63.6 Å². The fourth-order valence-electron chi connectivity index (χ4n) is 1.79. The van der Waals surface area contributed by atoms with E-state index in [0.717, 1.165) is 17.5 Å². The van der Waals surface area contributed by atoms with Gasteiger partial charge in [0, 0.05) is 10.6 Å². The molecule has 3 heteroatoms. The third kappa shape index (κ3) is 2.98. The molecule has 0 radical (unpaired) electrons. The van der Waals surface area contributed by atoms with Crippen LogP contribution in [-0.2, 0) is 13.0 Å². The molecule has 0 N–H and O–H groups in total. The summed E-state index contributed by atoms with van der Waals surface area (Å²) in [4.78, 5) is 0. The topological polar surface area (TPSA) is 9.23 Å². The summed E-state index contributed by atoms with van der Waals surface area (Å²) in [5, 5.41) is 1.30. The maximum absolute atomic E-state index is 6.16. The molecule has 0 heterocycles. The van der Waals surface area contributed by atoms with Crippen LogP contribution in [0, 0.1) is 0 Å². The van der Waals surface area contributed by atoms with Crippen LogP contribution in [0.5, 0.6) is 5.75 Å². The van der Waals surface area contributed by atoms with Gasteiger partial charge in [0.05, 0.1) is 5.02 Å². The predicted molar refractivity (Wildman–Crippen MR) is 76.6 cm³/mol. The van der Waals surface area contributed by atoms with E-state index >= 15 is 0 Å². The highest BCUT2D eigenvalue weighted by Crippen LogP contribution is 2.34. The number of ether oxygens (including phenoxy) is 1. The molecule has 0 aliphatic heterocycles. The molecule has 0 aliphatic rings. The summed E-state index contributed by atoms with van der Waals surface area (Å²) in [6.45, 7) is 2.53. The Balaban J connectivity index is 2.21. The van der Waals surface area contributed by atoms with Gasteiger partial charge in [0.15, 0.2) is 0 Å². The van der Waals surface area contributed by atoms with E-state index in [0.29, 0.717) is 22.4 Å². The SMILES string of the molecule is CCc1c(Cl)ccc(Cl)c1OCc1ccccc1. The summed E-state index contributed by atoms with van der Waals surface area (Å²) >= 11 is 12.3. The molecule has 2 aromatic rings. The summed E-state index contributed by atoms with van der Waals surface area (Å²) in [7, 11) is 0. The number of hydrogen-bond acceptors (Lipinski definition) is 1. The zero-order valence-corrected chi connectivity index (χ0v) is 11.6. The zero-order chi connectivity index (χ0) is 13.0. The van der Waals surface area contributed by atoms with Gasteiger partial charge >= 0.3 is 0 Å². The molecule has 2 aromatic carbocycles. The van der Waals surface area contributed by atoms with Crippen molar-refractivity contribution < 1.29 is 4.74 Å². The van der Waals surface area contributed by atoms with Crippen molar-refractivity contribution in [2.24, 2.45) is 0 Å². The van der Waals surface area contributed by atoms with Crippen LogP contribution in [0.25, 0.3) is 0 Å². The summed E-state index contributed by atoms with van der Waals surface area (Å²) < 4.78 is 5.81. The Bertz CT molecular complexity index is 524. The standard InChI is InChI=1S/C15H14Cl2O/c1-2-12-13(16)8-9-14(17)15(12)18-10-11-6-4-3-5-7-11/h3-9H,2,10H2,1H3. The lowest BCUT2D eigenvalue weighted by atomic mass is 10.1. The van der Waals surface area contributed by atoms with Crippen LogP contribution in [0.15, 0.2) is 42.5 Å². The molecule has 0 spiro atoms. The number of benzene rings is 2. The van der Waals surface area contributed by atoms with Gasteiger partial charge in [0.1, 0.15) is 12.4 Å². The number of halogens is 2. The van der Waals surface area contributed by atoms with Crippen LogP contribution in [0.1, 0.15) is 18.1 Å². The second-order valence-corrected chi connectivity index (χ2v) is 4.78. The molecule has 1 nitrogen and oxygen atoms in total. The van der Waals surface area contributed by atoms with Crippen LogP contribution < -0.4 is 4.74 Å². The van der Waals surface area contributed by atoms with Gasteiger partial charge in [-0.15, -0.1) is 0 Å². The van der Waals surface area contributed by atoms with Crippen molar-refractivity contribution >= 4 is 23.2 Å². The van der Waals surface area contributed by atoms with Gasteiger partial charge in [-0.05, 0) is 24.1 Å². The molecular formula is C15H14Cl2O. The van der Waals surface area contributed by atoms with Gasteiger partial charge in [-0.2, -0.15) is 0 Å². The summed E-state index contributed by atoms with van der Waals surface area (Å²) in [5.41, 5.74) is 2.07. The van der Waals surface area contributed by atoms with E-state index in [1.54, 1.807) is 12.1 Å². The van der Waals surface area contributed by atoms with Gasteiger partial charge < -0.3 is 4.74 Å². The Labute approximate surface area is 117 Å². The monoisotopic (exact) mass is 280 g/mol. The highest BCUT2D eigenvalue weighted by molar-refractivity contribution is 6.34. The molecular weight excluding hydrogens is 267 g/mol. The van der Waals surface area contributed by atoms with Crippen molar-refractivity contribution in [1.82, 2.24) is 0 Å². The van der Waals surface area contributed by atoms with Crippen LogP contribution in [-0.4, -0.2) is 0 Å². The molecule has 0 fully saturated rings. The van der Waals surface area contributed by atoms with Crippen LogP contribution in [0.3, 0.4) is 0 Å². The average Bonchev–Trinajstić information content (AvgIpc) is 2.41. The Morgan fingerprint density at radius 1 is 0.944 bits per heavy atom. The van der Waals surface area contributed by atoms with Crippen molar-refractivity contribution in [3.63, 3.8) is 0 Å². The maximum atomic E-state index is 6.16. The smallest absolute Gasteiger partial charge is 0.143 e. The molecule has 94 valence electrons. The Kier molecular flexibility index (Phi) is 4.51. The Morgan fingerprint density at radius 2 is 1.61 bits per heavy atom. The Morgan fingerprint density at radius 3 is 2.28 bits per heavy atom. The Hall–Kier alpha value is -1.18. The first-order valence-electron chi connectivity index (χ1n) is 5.86. The van der Waals surface area contributed by atoms with Crippen molar-refractivity contribution in [3.8, 4) is 5.75 Å². The predicted octanol–water partition coefficient (Wildman–Crippen LogP) is 5.13. The molecule has 0 atom stereocenters. The normalized spacial score (nSPS) is 10.4. The van der Waals surface area contributed by atoms with Crippen LogP contribution in [0.4, 0.5) is 0 Å². The van der Waals surface area contributed by atoms with Gasteiger partial charge in [-0.25, -0.2) is 0 Å². The summed E-state index contributed by atoms with van der Waals surface area (Å²) in [5.74, 6) is 0.690. The van der Waals surface area contributed by atoms with E-state index in [-0.39, 0.29) is 0 Å². The number of hydrogen-bond donors (Lipinski definition) is 0. The van der Waals surface area contributed by atoms with Gasteiger partial charge in [-0.3, -0.25) is 0 Å². The summed E-state index contributed by atoms with van der Waals surface area (Å²) in [6, 6.07) is 13.6. The third-order valence-electron chi connectivity index (χ3n) is 2.73. The van der Waals surface area contributed by atoms with Crippen LogP contribution >= 0.6 is 23.2 Å². The fourth-order valence-corrected chi connectivity index (χ4v) is 2.30. The first-order chi connectivity index (χ1) is 8.72. The molecule has 0 unspecified atom stereocenters. The van der Waals surface area contributed by atoms with E-state index in [1.165, 1.54) is 0 Å². The van der Waals surface area contributed by atoms with Gasteiger partial charge in [0.25, 0.3) is 0 Å². The third-order valence-corrected chi connectivity index (χ3v) is 3.39.